The van der Waals surface area contributed by atoms with Gasteiger partial charge in [-0.1, -0.05) is 60.2 Å². The summed E-state index contributed by atoms with van der Waals surface area (Å²) < 4.78 is 5.73. The SMILES string of the molecule is CO[C@@](C)(CNC(=O)[C@H]1C[C@@H]1c1ccccc1)c1cccc(C)c1. The third kappa shape index (κ3) is 3.51. The van der Waals surface area contributed by atoms with E-state index in [2.05, 4.69) is 36.5 Å². The average molecular weight is 323 g/mol. The topological polar surface area (TPSA) is 38.3 Å². The van der Waals surface area contributed by atoms with Crippen molar-refractivity contribution in [3.05, 3.63) is 71.3 Å². The van der Waals surface area contributed by atoms with Crippen molar-refractivity contribution in [1.29, 1.82) is 0 Å². The van der Waals surface area contributed by atoms with E-state index in [-0.39, 0.29) is 11.8 Å². The van der Waals surface area contributed by atoms with Crippen LogP contribution in [0.3, 0.4) is 0 Å². The average Bonchev–Trinajstić information content (AvgIpc) is 3.41. The molecule has 0 radical (unpaired) electrons. The molecule has 1 N–H and O–H groups in total. The Morgan fingerprint density at radius 1 is 1.21 bits per heavy atom. The van der Waals surface area contributed by atoms with Crippen LogP contribution in [0.1, 0.15) is 36.0 Å². The number of ether oxygens (including phenoxy) is 1. The van der Waals surface area contributed by atoms with E-state index in [1.165, 1.54) is 11.1 Å². The number of hydrogen-bond acceptors (Lipinski definition) is 2. The fourth-order valence-electron chi connectivity index (χ4n) is 3.21. The molecule has 0 spiro atoms. The van der Waals surface area contributed by atoms with Crippen molar-refractivity contribution >= 4 is 5.91 Å². The lowest BCUT2D eigenvalue weighted by atomic mass is 9.94. The van der Waals surface area contributed by atoms with Crippen molar-refractivity contribution in [1.82, 2.24) is 5.32 Å². The third-order valence-corrected chi connectivity index (χ3v) is 5.03. The standard InChI is InChI=1S/C21H25NO2/c1-15-8-7-11-17(12-15)21(2,24-3)14-22-20(23)19-13-18(19)16-9-5-4-6-10-16/h4-12,18-19H,13-14H2,1-3H3,(H,22,23)/t18-,19+,21+/m1/s1. The normalized spacial score (nSPS) is 21.8. The number of aryl methyl sites for hydroxylation is 1. The van der Waals surface area contributed by atoms with Gasteiger partial charge in [-0.2, -0.15) is 0 Å². The number of benzene rings is 2. The highest BCUT2D eigenvalue weighted by Crippen LogP contribution is 2.47. The monoisotopic (exact) mass is 323 g/mol. The van der Waals surface area contributed by atoms with Gasteiger partial charge in [0, 0.05) is 13.0 Å². The molecule has 0 heterocycles. The molecular weight excluding hydrogens is 298 g/mol. The van der Waals surface area contributed by atoms with Crippen LogP contribution in [0.4, 0.5) is 0 Å². The van der Waals surface area contributed by atoms with Gasteiger partial charge in [0.2, 0.25) is 5.91 Å². The fourth-order valence-corrected chi connectivity index (χ4v) is 3.21. The summed E-state index contributed by atoms with van der Waals surface area (Å²) in [5.41, 5.74) is 3.01. The van der Waals surface area contributed by atoms with Crippen LogP contribution in [0, 0.1) is 12.8 Å². The summed E-state index contributed by atoms with van der Waals surface area (Å²) in [6, 6.07) is 18.5. The van der Waals surface area contributed by atoms with E-state index in [1.54, 1.807) is 7.11 Å². The number of nitrogens with one attached hydrogen (secondary N) is 1. The van der Waals surface area contributed by atoms with Crippen molar-refractivity contribution in [2.24, 2.45) is 5.92 Å². The minimum atomic E-state index is -0.515. The number of carbonyl (C=O) groups excluding carboxylic acids is 1. The zero-order chi connectivity index (χ0) is 17.2. The second-order valence-corrected chi connectivity index (χ2v) is 6.88. The molecule has 0 aromatic heterocycles. The summed E-state index contributed by atoms with van der Waals surface area (Å²) in [6.07, 6.45) is 0.935. The van der Waals surface area contributed by atoms with E-state index in [4.69, 9.17) is 4.74 Å². The summed E-state index contributed by atoms with van der Waals surface area (Å²) in [6.45, 7) is 4.56. The first-order chi connectivity index (χ1) is 11.5. The van der Waals surface area contributed by atoms with Crippen LogP contribution in [0.5, 0.6) is 0 Å². The summed E-state index contributed by atoms with van der Waals surface area (Å²) >= 11 is 0. The highest BCUT2D eigenvalue weighted by Gasteiger charge is 2.44. The van der Waals surface area contributed by atoms with E-state index in [1.807, 2.05) is 37.3 Å². The van der Waals surface area contributed by atoms with Gasteiger partial charge < -0.3 is 10.1 Å². The molecule has 126 valence electrons. The Bertz CT molecular complexity index is 713. The highest BCUT2D eigenvalue weighted by molar-refractivity contribution is 5.83. The van der Waals surface area contributed by atoms with Gasteiger partial charge in [-0.05, 0) is 37.3 Å². The van der Waals surface area contributed by atoms with Crippen LogP contribution in [0.15, 0.2) is 54.6 Å². The van der Waals surface area contributed by atoms with Crippen LogP contribution < -0.4 is 5.32 Å². The smallest absolute Gasteiger partial charge is 0.223 e. The zero-order valence-corrected chi connectivity index (χ0v) is 14.6. The quantitative estimate of drug-likeness (QED) is 0.878. The minimum absolute atomic E-state index is 0.0889. The second kappa shape index (κ2) is 6.78. The van der Waals surface area contributed by atoms with Gasteiger partial charge in [0.15, 0.2) is 0 Å². The van der Waals surface area contributed by atoms with Gasteiger partial charge in [0.1, 0.15) is 5.60 Å². The van der Waals surface area contributed by atoms with E-state index < -0.39 is 5.60 Å². The molecule has 1 amide bonds. The molecule has 1 saturated carbocycles. The van der Waals surface area contributed by atoms with E-state index in [0.717, 1.165) is 12.0 Å². The molecule has 0 saturated heterocycles. The Hall–Kier alpha value is -2.13. The maximum Gasteiger partial charge on any atom is 0.223 e. The molecular formula is C21H25NO2. The molecule has 0 aliphatic heterocycles. The lowest BCUT2D eigenvalue weighted by molar-refractivity contribution is -0.124. The van der Waals surface area contributed by atoms with Crippen molar-refractivity contribution in [2.45, 2.75) is 31.8 Å². The van der Waals surface area contributed by atoms with E-state index >= 15 is 0 Å². The molecule has 3 heteroatoms. The van der Waals surface area contributed by atoms with Gasteiger partial charge in [0.05, 0.1) is 6.54 Å². The summed E-state index contributed by atoms with van der Waals surface area (Å²) in [5.74, 6) is 0.574. The molecule has 3 atom stereocenters. The number of rotatable bonds is 6. The Morgan fingerprint density at radius 2 is 1.96 bits per heavy atom. The van der Waals surface area contributed by atoms with Crippen molar-refractivity contribution < 1.29 is 9.53 Å². The molecule has 0 bridgehead atoms. The van der Waals surface area contributed by atoms with Crippen LogP contribution in [0.25, 0.3) is 0 Å². The molecule has 2 aromatic carbocycles. The predicted molar refractivity (Wildman–Crippen MR) is 95.8 cm³/mol. The number of methoxy groups -OCH3 is 1. The number of amides is 1. The van der Waals surface area contributed by atoms with Crippen LogP contribution >= 0.6 is 0 Å². The second-order valence-electron chi connectivity index (χ2n) is 6.88. The molecule has 1 aliphatic carbocycles. The molecule has 3 rings (SSSR count). The van der Waals surface area contributed by atoms with Gasteiger partial charge in [-0.25, -0.2) is 0 Å². The van der Waals surface area contributed by atoms with Crippen LogP contribution in [-0.2, 0) is 15.1 Å². The Labute approximate surface area is 144 Å². The van der Waals surface area contributed by atoms with Crippen LogP contribution in [-0.4, -0.2) is 19.6 Å². The molecule has 0 unspecified atom stereocenters. The zero-order valence-electron chi connectivity index (χ0n) is 14.6. The van der Waals surface area contributed by atoms with E-state index in [9.17, 15) is 4.79 Å². The van der Waals surface area contributed by atoms with Crippen LogP contribution in [0.2, 0.25) is 0 Å². The Kier molecular flexibility index (Phi) is 4.72. The largest absolute Gasteiger partial charge is 0.372 e. The first kappa shape index (κ1) is 16.7. The summed E-state index contributed by atoms with van der Waals surface area (Å²) in [5, 5.41) is 3.09. The van der Waals surface area contributed by atoms with Gasteiger partial charge in [0.25, 0.3) is 0 Å². The molecule has 2 aromatic rings. The van der Waals surface area contributed by atoms with Gasteiger partial charge in [-0.15, -0.1) is 0 Å². The number of hydrogen-bond donors (Lipinski definition) is 1. The number of carbonyl (C=O) groups is 1. The first-order valence-electron chi connectivity index (χ1n) is 8.48. The Morgan fingerprint density at radius 3 is 2.62 bits per heavy atom. The lowest BCUT2D eigenvalue weighted by Crippen LogP contribution is -2.40. The van der Waals surface area contributed by atoms with E-state index in [0.29, 0.717) is 12.5 Å². The first-order valence-corrected chi connectivity index (χ1v) is 8.48. The predicted octanol–water partition coefficient (Wildman–Crippen LogP) is 3.78. The van der Waals surface area contributed by atoms with Crippen molar-refractivity contribution in [3.63, 3.8) is 0 Å². The molecule has 1 aliphatic rings. The maximum atomic E-state index is 12.5. The lowest BCUT2D eigenvalue weighted by Gasteiger charge is -2.29. The maximum absolute atomic E-state index is 12.5. The molecule has 3 nitrogen and oxygen atoms in total. The molecule has 1 fully saturated rings. The van der Waals surface area contributed by atoms with Gasteiger partial charge in [-0.3, -0.25) is 4.79 Å². The van der Waals surface area contributed by atoms with Crippen molar-refractivity contribution in [3.8, 4) is 0 Å². The summed E-state index contributed by atoms with van der Waals surface area (Å²) in [4.78, 5) is 12.5. The molecule has 24 heavy (non-hydrogen) atoms. The van der Waals surface area contributed by atoms with Crippen molar-refractivity contribution in [2.75, 3.05) is 13.7 Å². The third-order valence-electron chi connectivity index (χ3n) is 5.03. The fraction of sp³-hybridized carbons (Fsp3) is 0.381. The van der Waals surface area contributed by atoms with Gasteiger partial charge >= 0.3 is 0 Å². The highest BCUT2D eigenvalue weighted by atomic mass is 16.5. The Balaban J connectivity index is 1.61. The minimum Gasteiger partial charge on any atom is -0.372 e. The summed E-state index contributed by atoms with van der Waals surface area (Å²) in [7, 11) is 1.69.